The Hall–Kier alpha value is -2.63. The highest BCUT2D eigenvalue weighted by Crippen LogP contribution is 2.28. The Morgan fingerprint density at radius 3 is 2.69 bits per heavy atom. The first-order valence-electron chi connectivity index (χ1n) is 8.92. The number of nitrogens with one attached hydrogen (secondary N) is 1. The van der Waals surface area contributed by atoms with Gasteiger partial charge in [-0.1, -0.05) is 18.2 Å². The molecular formula is C20H24FN3O2. The number of nitrogens with zero attached hydrogens (tertiary/aromatic N) is 2. The minimum atomic E-state index is -0.273. The van der Waals surface area contributed by atoms with Crippen LogP contribution in [0.3, 0.4) is 0 Å². The zero-order valence-electron chi connectivity index (χ0n) is 15.1. The Labute approximate surface area is 153 Å². The molecule has 1 saturated carbocycles. The van der Waals surface area contributed by atoms with Crippen LogP contribution < -0.4 is 10.1 Å². The summed E-state index contributed by atoms with van der Waals surface area (Å²) in [6, 6.07) is 10.1. The molecule has 2 aromatic rings. The van der Waals surface area contributed by atoms with Crippen LogP contribution in [-0.2, 0) is 13.1 Å². The van der Waals surface area contributed by atoms with Crippen LogP contribution in [0.4, 0.5) is 9.18 Å². The van der Waals surface area contributed by atoms with Crippen molar-refractivity contribution in [1.29, 1.82) is 0 Å². The fourth-order valence-electron chi connectivity index (χ4n) is 2.70. The molecule has 0 unspecified atom stereocenters. The van der Waals surface area contributed by atoms with E-state index in [2.05, 4.69) is 10.3 Å². The number of pyridine rings is 1. The minimum Gasteiger partial charge on any atom is -0.475 e. The molecule has 1 N–H and O–H groups in total. The summed E-state index contributed by atoms with van der Waals surface area (Å²) >= 11 is 0. The van der Waals surface area contributed by atoms with Crippen LogP contribution in [0.5, 0.6) is 5.88 Å². The lowest BCUT2D eigenvalue weighted by Crippen LogP contribution is -2.40. The molecule has 0 spiro atoms. The third-order valence-corrected chi connectivity index (χ3v) is 4.14. The Balaban J connectivity index is 1.63. The van der Waals surface area contributed by atoms with E-state index in [9.17, 15) is 9.18 Å². The third kappa shape index (κ3) is 4.94. The van der Waals surface area contributed by atoms with Crippen molar-refractivity contribution < 1.29 is 13.9 Å². The Kier molecular flexibility index (Phi) is 5.71. The van der Waals surface area contributed by atoms with Gasteiger partial charge in [-0.25, -0.2) is 14.2 Å². The molecule has 1 heterocycles. The quantitative estimate of drug-likeness (QED) is 0.818. The van der Waals surface area contributed by atoms with Crippen molar-refractivity contribution in [1.82, 2.24) is 15.2 Å². The van der Waals surface area contributed by atoms with E-state index in [0.717, 1.165) is 24.0 Å². The van der Waals surface area contributed by atoms with E-state index in [0.29, 0.717) is 19.0 Å². The lowest BCUT2D eigenvalue weighted by Gasteiger charge is -2.23. The van der Waals surface area contributed by atoms with E-state index in [1.165, 1.54) is 12.1 Å². The molecular weight excluding hydrogens is 333 g/mol. The molecule has 1 aliphatic rings. The Bertz CT molecular complexity index is 745. The number of hydrogen-bond donors (Lipinski definition) is 1. The Morgan fingerprint density at radius 1 is 1.31 bits per heavy atom. The van der Waals surface area contributed by atoms with Crippen LogP contribution in [0.25, 0.3) is 0 Å². The Morgan fingerprint density at radius 2 is 2.04 bits per heavy atom. The summed E-state index contributed by atoms with van der Waals surface area (Å²) < 4.78 is 18.8. The molecule has 138 valence electrons. The number of amides is 2. The molecule has 0 aliphatic heterocycles. The molecule has 0 atom stereocenters. The molecule has 0 radical (unpaired) electrons. The number of carbonyl (C=O) groups excluding carboxylic acids is 1. The van der Waals surface area contributed by atoms with Crippen molar-refractivity contribution in [3.8, 4) is 5.88 Å². The van der Waals surface area contributed by atoms with Crippen LogP contribution in [-0.4, -0.2) is 28.1 Å². The van der Waals surface area contributed by atoms with Gasteiger partial charge in [-0.3, -0.25) is 0 Å². The van der Waals surface area contributed by atoms with Gasteiger partial charge in [-0.15, -0.1) is 0 Å². The van der Waals surface area contributed by atoms with E-state index in [-0.39, 0.29) is 24.0 Å². The van der Waals surface area contributed by atoms with Crippen LogP contribution >= 0.6 is 0 Å². The first kappa shape index (κ1) is 18.2. The van der Waals surface area contributed by atoms with Crippen molar-refractivity contribution in [3.63, 3.8) is 0 Å². The second kappa shape index (κ2) is 8.17. The fourth-order valence-corrected chi connectivity index (χ4v) is 2.70. The van der Waals surface area contributed by atoms with E-state index < -0.39 is 0 Å². The molecule has 26 heavy (non-hydrogen) atoms. The van der Waals surface area contributed by atoms with Crippen molar-refractivity contribution in [3.05, 3.63) is 59.5 Å². The van der Waals surface area contributed by atoms with Crippen molar-refractivity contribution in [2.24, 2.45) is 0 Å². The van der Waals surface area contributed by atoms with Crippen LogP contribution in [0.1, 0.15) is 37.8 Å². The standard InChI is InChI=1S/C20H24FN3O2/c1-14(2)26-19-16(4-3-11-22-19)12-23-20(25)24(18-9-10-18)13-15-5-7-17(21)8-6-15/h3-8,11,14,18H,9-10,12-13H2,1-2H3,(H,23,25). The lowest BCUT2D eigenvalue weighted by atomic mass is 10.2. The molecule has 1 fully saturated rings. The molecule has 5 nitrogen and oxygen atoms in total. The van der Waals surface area contributed by atoms with Gasteiger partial charge in [0.05, 0.1) is 6.10 Å². The number of hydrogen-bond acceptors (Lipinski definition) is 3. The highest BCUT2D eigenvalue weighted by atomic mass is 19.1. The highest BCUT2D eigenvalue weighted by molar-refractivity contribution is 5.75. The number of halogens is 1. The monoisotopic (exact) mass is 357 g/mol. The maximum Gasteiger partial charge on any atom is 0.318 e. The largest absolute Gasteiger partial charge is 0.475 e. The molecule has 1 aromatic heterocycles. The summed E-state index contributed by atoms with van der Waals surface area (Å²) in [7, 11) is 0. The van der Waals surface area contributed by atoms with Gasteiger partial charge in [-0.2, -0.15) is 0 Å². The predicted octanol–water partition coefficient (Wildman–Crippen LogP) is 3.88. The summed E-state index contributed by atoms with van der Waals surface area (Å²) in [4.78, 5) is 18.7. The van der Waals surface area contributed by atoms with Crippen molar-refractivity contribution >= 4 is 6.03 Å². The van der Waals surface area contributed by atoms with Gasteiger partial charge in [0.15, 0.2) is 0 Å². The minimum absolute atomic E-state index is 0.0146. The van der Waals surface area contributed by atoms with E-state index in [1.54, 1.807) is 18.3 Å². The maximum absolute atomic E-state index is 13.1. The topological polar surface area (TPSA) is 54.5 Å². The summed E-state index contributed by atoms with van der Waals surface area (Å²) in [6.07, 6.45) is 3.70. The number of urea groups is 1. The SMILES string of the molecule is CC(C)Oc1ncccc1CNC(=O)N(Cc1ccc(F)cc1)C1CC1. The average Bonchev–Trinajstić information content (AvgIpc) is 3.44. The molecule has 3 rings (SSSR count). The molecule has 1 aliphatic carbocycles. The zero-order chi connectivity index (χ0) is 18.5. The van der Waals surface area contributed by atoms with Crippen molar-refractivity contribution in [2.75, 3.05) is 0 Å². The number of carbonyl (C=O) groups is 1. The van der Waals surface area contributed by atoms with E-state index in [1.807, 2.05) is 30.9 Å². The van der Waals surface area contributed by atoms with Gasteiger partial charge in [-0.05, 0) is 50.5 Å². The van der Waals surface area contributed by atoms with Crippen LogP contribution in [0.2, 0.25) is 0 Å². The summed E-state index contributed by atoms with van der Waals surface area (Å²) in [5, 5.41) is 2.96. The number of aromatic nitrogens is 1. The van der Waals surface area contributed by atoms with Crippen LogP contribution in [0.15, 0.2) is 42.6 Å². The lowest BCUT2D eigenvalue weighted by molar-refractivity contribution is 0.191. The predicted molar refractivity (Wildman–Crippen MR) is 97.2 cm³/mol. The van der Waals surface area contributed by atoms with Crippen LogP contribution in [0, 0.1) is 5.82 Å². The van der Waals surface area contributed by atoms with E-state index >= 15 is 0 Å². The highest BCUT2D eigenvalue weighted by Gasteiger charge is 2.32. The summed E-state index contributed by atoms with van der Waals surface area (Å²) in [5.41, 5.74) is 1.76. The van der Waals surface area contributed by atoms with Gasteiger partial charge < -0.3 is 15.0 Å². The smallest absolute Gasteiger partial charge is 0.318 e. The number of ether oxygens (including phenoxy) is 1. The number of rotatable bonds is 7. The maximum atomic E-state index is 13.1. The van der Waals surface area contributed by atoms with Gasteiger partial charge >= 0.3 is 6.03 Å². The summed E-state index contributed by atoms with van der Waals surface area (Å²) in [6.45, 7) is 4.70. The van der Waals surface area contributed by atoms with Gasteiger partial charge in [0, 0.05) is 30.9 Å². The second-order valence-corrected chi connectivity index (χ2v) is 6.78. The normalized spacial score (nSPS) is 13.5. The second-order valence-electron chi connectivity index (χ2n) is 6.78. The van der Waals surface area contributed by atoms with Gasteiger partial charge in [0.2, 0.25) is 5.88 Å². The first-order chi connectivity index (χ1) is 12.5. The first-order valence-corrected chi connectivity index (χ1v) is 8.92. The molecule has 0 bridgehead atoms. The average molecular weight is 357 g/mol. The summed E-state index contributed by atoms with van der Waals surface area (Å²) in [5.74, 6) is 0.268. The van der Waals surface area contributed by atoms with E-state index in [4.69, 9.17) is 4.74 Å². The van der Waals surface area contributed by atoms with Gasteiger partial charge in [0.1, 0.15) is 5.82 Å². The number of benzene rings is 1. The van der Waals surface area contributed by atoms with Crippen molar-refractivity contribution in [2.45, 2.75) is 51.9 Å². The molecule has 2 amide bonds. The third-order valence-electron chi connectivity index (χ3n) is 4.14. The molecule has 1 aromatic carbocycles. The molecule has 0 saturated heterocycles. The van der Waals surface area contributed by atoms with Gasteiger partial charge in [0.25, 0.3) is 0 Å². The zero-order valence-corrected chi connectivity index (χ0v) is 15.1. The fraction of sp³-hybridized carbons (Fsp3) is 0.400. The molecule has 6 heteroatoms.